The second-order valence-corrected chi connectivity index (χ2v) is 9.11. The van der Waals surface area contributed by atoms with E-state index in [0.29, 0.717) is 0 Å². The predicted octanol–water partition coefficient (Wildman–Crippen LogP) is 5.89. The Kier molecular flexibility index (Phi) is 5.20. The molecule has 0 radical (unpaired) electrons. The Morgan fingerprint density at radius 2 is 1.68 bits per heavy atom. The molecule has 3 nitrogen and oxygen atoms in total. The lowest BCUT2D eigenvalue weighted by atomic mass is 10.1. The van der Waals surface area contributed by atoms with Crippen molar-refractivity contribution in [3.05, 3.63) is 78.1 Å². The third-order valence-electron chi connectivity index (χ3n) is 4.51. The van der Waals surface area contributed by atoms with Crippen LogP contribution in [0.3, 0.4) is 0 Å². The maximum atomic E-state index is 11.7. The van der Waals surface area contributed by atoms with Gasteiger partial charge in [0.2, 0.25) is 0 Å². The largest absolute Gasteiger partial charge is 0.262 e. The van der Waals surface area contributed by atoms with E-state index in [1.807, 2.05) is 43.5 Å². The molecule has 0 aliphatic carbocycles. The van der Waals surface area contributed by atoms with Gasteiger partial charge in [-0.05, 0) is 49.7 Å². The summed E-state index contributed by atoms with van der Waals surface area (Å²) < 4.78 is 11.7. The molecule has 2 heterocycles. The minimum Gasteiger partial charge on any atom is -0.262 e. The van der Waals surface area contributed by atoms with Crippen molar-refractivity contribution in [2.75, 3.05) is 6.26 Å². The van der Waals surface area contributed by atoms with Gasteiger partial charge in [0.05, 0.1) is 10.6 Å². The average molecular weight is 405 g/mol. The maximum Gasteiger partial charge on any atom is 0.124 e. The number of aryl methyl sites for hydroxylation is 2. The lowest BCUT2D eigenvalue weighted by Crippen LogP contribution is -1.87. The monoisotopic (exact) mass is 404 g/mol. The average Bonchev–Trinajstić information content (AvgIpc) is 3.13. The van der Waals surface area contributed by atoms with Crippen molar-refractivity contribution in [1.29, 1.82) is 0 Å². The summed E-state index contributed by atoms with van der Waals surface area (Å²) in [6.07, 6.45) is 3.54. The minimum atomic E-state index is -0.981. The first-order valence-electron chi connectivity index (χ1n) is 8.96. The second kappa shape index (κ2) is 7.78. The van der Waals surface area contributed by atoms with E-state index in [0.717, 1.165) is 42.9 Å². The SMILES string of the molecule is Cc1cccc(-c2nc(-c3ccc([S@@](C)=O)cc3)sc2-c2ccnc(C)c2)c1. The fraction of sp³-hybridized carbons (Fsp3) is 0.130. The van der Waals surface area contributed by atoms with Crippen LogP contribution in [-0.4, -0.2) is 20.4 Å². The van der Waals surface area contributed by atoms with Crippen molar-refractivity contribution in [2.45, 2.75) is 18.7 Å². The Bertz CT molecular complexity index is 1100. The van der Waals surface area contributed by atoms with E-state index < -0.39 is 10.8 Å². The number of aromatic nitrogens is 2. The smallest absolute Gasteiger partial charge is 0.124 e. The molecule has 0 fully saturated rings. The van der Waals surface area contributed by atoms with Crippen LogP contribution in [0, 0.1) is 13.8 Å². The second-order valence-electron chi connectivity index (χ2n) is 6.73. The van der Waals surface area contributed by atoms with Gasteiger partial charge in [0.1, 0.15) is 5.01 Å². The Hall–Kier alpha value is -2.63. The first-order chi connectivity index (χ1) is 13.5. The topological polar surface area (TPSA) is 42.9 Å². The normalized spacial score (nSPS) is 12.1. The van der Waals surface area contributed by atoms with E-state index >= 15 is 0 Å². The van der Waals surface area contributed by atoms with Gasteiger partial charge in [-0.1, -0.05) is 35.9 Å². The van der Waals surface area contributed by atoms with Crippen LogP contribution in [0.15, 0.2) is 71.8 Å². The fourth-order valence-electron chi connectivity index (χ4n) is 3.10. The zero-order chi connectivity index (χ0) is 19.7. The molecule has 0 saturated carbocycles. The van der Waals surface area contributed by atoms with Crippen molar-refractivity contribution in [3.63, 3.8) is 0 Å². The molecular formula is C23H20N2OS2. The molecule has 0 N–H and O–H groups in total. The van der Waals surface area contributed by atoms with E-state index in [-0.39, 0.29) is 0 Å². The number of hydrogen-bond donors (Lipinski definition) is 0. The molecule has 0 unspecified atom stereocenters. The molecule has 0 saturated heterocycles. The summed E-state index contributed by atoms with van der Waals surface area (Å²) in [7, 11) is -0.981. The van der Waals surface area contributed by atoms with Gasteiger partial charge in [-0.3, -0.25) is 9.19 Å². The van der Waals surface area contributed by atoms with Crippen LogP contribution in [0.4, 0.5) is 0 Å². The van der Waals surface area contributed by atoms with Gasteiger partial charge < -0.3 is 0 Å². The molecule has 2 aromatic heterocycles. The number of rotatable bonds is 4. The van der Waals surface area contributed by atoms with Crippen LogP contribution in [0.1, 0.15) is 11.3 Å². The molecule has 0 aliphatic rings. The molecule has 0 aliphatic heterocycles. The van der Waals surface area contributed by atoms with E-state index in [9.17, 15) is 4.21 Å². The standard InChI is InChI=1S/C23H20N2OS2/c1-15-5-4-6-18(13-15)21-22(19-11-12-24-16(2)14-19)27-23(25-21)17-7-9-20(10-8-17)28(3)26/h4-14H,1-3H3/t28-/m1/s1. The molecule has 0 spiro atoms. The minimum absolute atomic E-state index is 0.823. The van der Waals surface area contributed by atoms with Gasteiger partial charge in [0.25, 0.3) is 0 Å². The molecule has 1 atom stereocenters. The van der Waals surface area contributed by atoms with Gasteiger partial charge in [-0.25, -0.2) is 4.98 Å². The van der Waals surface area contributed by atoms with E-state index in [4.69, 9.17) is 4.98 Å². The highest BCUT2D eigenvalue weighted by atomic mass is 32.2. The summed E-state index contributed by atoms with van der Waals surface area (Å²) in [6.45, 7) is 4.10. The Morgan fingerprint density at radius 3 is 2.36 bits per heavy atom. The van der Waals surface area contributed by atoms with Crippen LogP contribution in [0.5, 0.6) is 0 Å². The predicted molar refractivity (Wildman–Crippen MR) is 118 cm³/mol. The van der Waals surface area contributed by atoms with Crippen LogP contribution < -0.4 is 0 Å². The first kappa shape index (κ1) is 18.7. The Labute approximate surface area is 171 Å². The fourth-order valence-corrected chi connectivity index (χ4v) is 4.71. The van der Waals surface area contributed by atoms with Gasteiger partial charge in [-0.15, -0.1) is 11.3 Å². The summed E-state index contributed by atoms with van der Waals surface area (Å²) in [5.74, 6) is 0. The van der Waals surface area contributed by atoms with Crippen LogP contribution in [0.25, 0.3) is 32.3 Å². The molecule has 0 bridgehead atoms. The van der Waals surface area contributed by atoms with Gasteiger partial charge >= 0.3 is 0 Å². The summed E-state index contributed by atoms with van der Waals surface area (Å²) in [5.41, 5.74) is 6.44. The lowest BCUT2D eigenvalue weighted by molar-refractivity contribution is 0.687. The molecule has 4 aromatic rings. The van der Waals surface area contributed by atoms with Crippen molar-refractivity contribution >= 4 is 22.1 Å². The van der Waals surface area contributed by atoms with Crippen molar-refractivity contribution < 1.29 is 4.21 Å². The Morgan fingerprint density at radius 1 is 0.893 bits per heavy atom. The van der Waals surface area contributed by atoms with Crippen LogP contribution in [0.2, 0.25) is 0 Å². The lowest BCUT2D eigenvalue weighted by Gasteiger charge is -2.04. The van der Waals surface area contributed by atoms with Crippen molar-refractivity contribution in [3.8, 4) is 32.3 Å². The number of nitrogens with zero attached hydrogens (tertiary/aromatic N) is 2. The first-order valence-corrected chi connectivity index (χ1v) is 11.3. The van der Waals surface area contributed by atoms with E-state index in [2.05, 4.69) is 42.2 Å². The third kappa shape index (κ3) is 3.81. The molecule has 0 amide bonds. The number of pyridine rings is 1. The highest BCUT2D eigenvalue weighted by molar-refractivity contribution is 7.84. The molecule has 140 valence electrons. The highest BCUT2D eigenvalue weighted by Gasteiger charge is 2.16. The van der Waals surface area contributed by atoms with Crippen LogP contribution in [-0.2, 0) is 10.8 Å². The number of benzene rings is 2. The zero-order valence-electron chi connectivity index (χ0n) is 16.0. The summed E-state index contributed by atoms with van der Waals surface area (Å²) in [4.78, 5) is 11.3. The van der Waals surface area contributed by atoms with Crippen molar-refractivity contribution in [1.82, 2.24) is 9.97 Å². The van der Waals surface area contributed by atoms with Gasteiger partial charge in [-0.2, -0.15) is 0 Å². The highest BCUT2D eigenvalue weighted by Crippen LogP contribution is 2.40. The number of hydrogen-bond acceptors (Lipinski definition) is 4. The van der Waals surface area contributed by atoms with Crippen molar-refractivity contribution in [2.24, 2.45) is 0 Å². The van der Waals surface area contributed by atoms with Gasteiger partial charge in [0.15, 0.2) is 0 Å². The molecule has 28 heavy (non-hydrogen) atoms. The zero-order valence-corrected chi connectivity index (χ0v) is 17.6. The molecule has 5 heteroatoms. The molecule has 4 rings (SSSR count). The van der Waals surface area contributed by atoms with Gasteiger partial charge in [0, 0.05) is 45.0 Å². The molecule has 2 aromatic carbocycles. The quantitative estimate of drug-likeness (QED) is 0.426. The summed E-state index contributed by atoms with van der Waals surface area (Å²) in [5, 5.41) is 0.953. The van der Waals surface area contributed by atoms with E-state index in [1.54, 1.807) is 17.6 Å². The molecular weight excluding hydrogens is 384 g/mol. The Balaban J connectivity index is 1.87. The third-order valence-corrected chi connectivity index (χ3v) is 6.60. The van der Waals surface area contributed by atoms with E-state index in [1.165, 1.54) is 5.56 Å². The maximum absolute atomic E-state index is 11.7. The summed E-state index contributed by atoms with van der Waals surface area (Å²) in [6, 6.07) is 20.4. The summed E-state index contributed by atoms with van der Waals surface area (Å²) >= 11 is 1.67. The van der Waals surface area contributed by atoms with Crippen LogP contribution >= 0.6 is 11.3 Å². The number of thiazole rings is 1.